The smallest absolute Gasteiger partial charge is 0.237 e. The van der Waals surface area contributed by atoms with Crippen LogP contribution in [-0.4, -0.2) is 38.4 Å². The quantitative estimate of drug-likeness (QED) is 0.514. The molecule has 0 aliphatic heterocycles. The third-order valence-corrected chi connectivity index (χ3v) is 5.07. The Morgan fingerprint density at radius 3 is 2.78 bits per heavy atom. The first-order valence-electron chi connectivity index (χ1n) is 8.37. The van der Waals surface area contributed by atoms with Gasteiger partial charge in [-0.25, -0.2) is 4.98 Å². The molecule has 0 aliphatic carbocycles. The maximum absolute atomic E-state index is 12.5. The van der Waals surface area contributed by atoms with Gasteiger partial charge < -0.3 is 15.0 Å². The molecule has 2 heterocycles. The molecule has 0 saturated carbocycles. The number of aromatic nitrogens is 4. The molecule has 4 aromatic rings. The van der Waals surface area contributed by atoms with E-state index in [1.807, 2.05) is 36.4 Å². The molecule has 2 aromatic carbocycles. The van der Waals surface area contributed by atoms with Crippen LogP contribution in [-0.2, 0) is 4.79 Å². The van der Waals surface area contributed by atoms with E-state index in [1.54, 1.807) is 26.2 Å². The van der Waals surface area contributed by atoms with Crippen LogP contribution in [0, 0.1) is 0 Å². The lowest BCUT2D eigenvalue weighted by molar-refractivity contribution is -0.115. The fourth-order valence-corrected chi connectivity index (χ4v) is 3.46. The van der Waals surface area contributed by atoms with Crippen LogP contribution in [0.15, 0.2) is 53.7 Å². The molecule has 7 nitrogen and oxygen atoms in total. The summed E-state index contributed by atoms with van der Waals surface area (Å²) in [5.74, 6) is 0.449. The van der Waals surface area contributed by atoms with Gasteiger partial charge in [-0.1, -0.05) is 42.1 Å². The van der Waals surface area contributed by atoms with Crippen molar-refractivity contribution in [1.29, 1.82) is 0 Å². The molecule has 1 unspecified atom stereocenters. The van der Waals surface area contributed by atoms with E-state index in [-0.39, 0.29) is 5.91 Å². The summed E-state index contributed by atoms with van der Waals surface area (Å²) in [6, 6.07) is 15.1. The van der Waals surface area contributed by atoms with Crippen molar-refractivity contribution in [2.75, 3.05) is 12.4 Å². The Morgan fingerprint density at radius 1 is 1.15 bits per heavy atom. The monoisotopic (exact) mass is 379 g/mol. The largest absolute Gasteiger partial charge is 0.495 e. The minimum atomic E-state index is -0.404. The zero-order chi connectivity index (χ0) is 18.8. The third-order valence-electron chi connectivity index (χ3n) is 4.12. The van der Waals surface area contributed by atoms with Crippen molar-refractivity contribution in [3.8, 4) is 5.75 Å². The highest BCUT2D eigenvalue weighted by Crippen LogP contribution is 2.27. The molecule has 2 N–H and O–H groups in total. The van der Waals surface area contributed by atoms with Crippen LogP contribution in [0.3, 0.4) is 0 Å². The Labute approximate surface area is 159 Å². The number of amides is 1. The minimum absolute atomic E-state index is 0.162. The van der Waals surface area contributed by atoms with Crippen LogP contribution in [0.5, 0.6) is 5.75 Å². The van der Waals surface area contributed by atoms with Crippen LogP contribution >= 0.6 is 11.8 Å². The fraction of sp³-hybridized carbons (Fsp3) is 0.158. The zero-order valence-electron chi connectivity index (χ0n) is 14.8. The molecular weight excluding hydrogens is 362 g/mol. The van der Waals surface area contributed by atoms with Crippen molar-refractivity contribution in [3.63, 3.8) is 0 Å². The first-order chi connectivity index (χ1) is 13.2. The summed E-state index contributed by atoms with van der Waals surface area (Å²) in [5.41, 5.74) is 2.97. The summed E-state index contributed by atoms with van der Waals surface area (Å²) in [6.45, 7) is 1.80. The Bertz CT molecular complexity index is 1130. The number of ether oxygens (including phenoxy) is 1. The molecule has 0 bridgehead atoms. The predicted octanol–water partition coefficient (Wildman–Crippen LogP) is 3.63. The number of carbonyl (C=O) groups is 1. The molecule has 0 saturated heterocycles. The first-order valence-corrected chi connectivity index (χ1v) is 9.25. The van der Waals surface area contributed by atoms with Crippen LogP contribution < -0.4 is 10.1 Å². The number of hydrogen-bond acceptors (Lipinski definition) is 6. The molecular formula is C19H17N5O2S. The topological polar surface area (TPSA) is 92.8 Å². The van der Waals surface area contributed by atoms with Crippen molar-refractivity contribution >= 4 is 45.4 Å². The summed E-state index contributed by atoms with van der Waals surface area (Å²) in [5, 5.41) is 12.3. The number of para-hydroxylation sites is 3. The maximum atomic E-state index is 12.5. The molecule has 1 amide bonds. The summed E-state index contributed by atoms with van der Waals surface area (Å²) in [7, 11) is 1.57. The van der Waals surface area contributed by atoms with E-state index in [1.165, 1.54) is 11.8 Å². The number of benzene rings is 2. The Hall–Kier alpha value is -3.13. The summed E-state index contributed by atoms with van der Waals surface area (Å²) >= 11 is 1.25. The highest BCUT2D eigenvalue weighted by atomic mass is 32.2. The highest BCUT2D eigenvalue weighted by Gasteiger charge is 2.19. The minimum Gasteiger partial charge on any atom is -0.495 e. The predicted molar refractivity (Wildman–Crippen MR) is 106 cm³/mol. The number of methoxy groups -OCH3 is 1. The molecule has 4 rings (SSSR count). The molecule has 1 atom stereocenters. The lowest BCUT2D eigenvalue weighted by Crippen LogP contribution is -2.23. The average Bonchev–Trinajstić information content (AvgIpc) is 3.06. The van der Waals surface area contributed by atoms with E-state index in [0.29, 0.717) is 22.2 Å². The normalized spacial score (nSPS) is 12.2. The summed E-state index contributed by atoms with van der Waals surface area (Å²) in [6.07, 6.45) is 0. The second-order valence-electron chi connectivity index (χ2n) is 5.91. The number of nitrogens with one attached hydrogen (secondary N) is 2. The molecule has 8 heteroatoms. The zero-order valence-corrected chi connectivity index (χ0v) is 15.6. The van der Waals surface area contributed by atoms with Crippen molar-refractivity contribution in [1.82, 2.24) is 20.2 Å². The summed E-state index contributed by atoms with van der Waals surface area (Å²) < 4.78 is 5.26. The molecule has 136 valence electrons. The lowest BCUT2D eigenvalue weighted by atomic mass is 10.2. The van der Waals surface area contributed by atoms with Gasteiger partial charge in [-0.05, 0) is 25.1 Å². The number of aromatic amines is 1. The van der Waals surface area contributed by atoms with E-state index < -0.39 is 5.25 Å². The number of hydrogen-bond donors (Lipinski definition) is 2. The number of rotatable bonds is 5. The van der Waals surface area contributed by atoms with E-state index in [0.717, 1.165) is 16.4 Å². The lowest BCUT2D eigenvalue weighted by Gasteiger charge is -2.13. The number of nitrogens with zero attached hydrogens (tertiary/aromatic N) is 3. The second kappa shape index (κ2) is 7.24. The van der Waals surface area contributed by atoms with Gasteiger partial charge in [0, 0.05) is 10.9 Å². The van der Waals surface area contributed by atoms with Crippen LogP contribution in [0.2, 0.25) is 0 Å². The molecule has 0 radical (unpaired) electrons. The average molecular weight is 379 g/mol. The summed E-state index contributed by atoms with van der Waals surface area (Å²) in [4.78, 5) is 20.3. The maximum Gasteiger partial charge on any atom is 0.237 e. The van der Waals surface area contributed by atoms with Gasteiger partial charge in [-0.2, -0.15) is 0 Å². The van der Waals surface area contributed by atoms with Crippen molar-refractivity contribution in [3.05, 3.63) is 48.5 Å². The number of H-pyrrole nitrogens is 1. The van der Waals surface area contributed by atoms with E-state index >= 15 is 0 Å². The Kier molecular flexibility index (Phi) is 4.64. The molecule has 0 aliphatic rings. The van der Waals surface area contributed by atoms with Gasteiger partial charge in [-0.15, -0.1) is 10.2 Å². The Balaban J connectivity index is 1.52. The van der Waals surface area contributed by atoms with Gasteiger partial charge in [0.05, 0.1) is 18.0 Å². The number of anilines is 1. The van der Waals surface area contributed by atoms with Gasteiger partial charge in [0.15, 0.2) is 5.65 Å². The Morgan fingerprint density at radius 2 is 1.93 bits per heavy atom. The van der Waals surface area contributed by atoms with E-state index in [2.05, 4.69) is 25.5 Å². The standard InChI is InChI=1S/C19H17N5O2S/c1-11(18(25)21-14-9-5-6-10-15(14)26-2)27-19-22-17-16(23-24-19)12-7-3-4-8-13(12)20-17/h3-11H,1-2H3,(H,21,25)(H,20,22,24). The molecule has 27 heavy (non-hydrogen) atoms. The number of carbonyl (C=O) groups excluding carboxylic acids is 1. The SMILES string of the molecule is COc1ccccc1NC(=O)C(C)Sc1nnc2c(n1)[nH]c1ccccc12. The van der Waals surface area contributed by atoms with Crippen molar-refractivity contribution < 1.29 is 9.53 Å². The van der Waals surface area contributed by atoms with Crippen molar-refractivity contribution in [2.45, 2.75) is 17.3 Å². The highest BCUT2D eigenvalue weighted by molar-refractivity contribution is 8.00. The van der Waals surface area contributed by atoms with Crippen LogP contribution in [0.25, 0.3) is 22.1 Å². The number of fused-ring (bicyclic) bond motifs is 3. The second-order valence-corrected chi connectivity index (χ2v) is 7.22. The van der Waals surface area contributed by atoms with E-state index in [9.17, 15) is 4.79 Å². The molecule has 0 spiro atoms. The van der Waals surface area contributed by atoms with Gasteiger partial charge in [0.1, 0.15) is 11.3 Å². The molecule has 0 fully saturated rings. The van der Waals surface area contributed by atoms with Gasteiger partial charge in [0.2, 0.25) is 11.1 Å². The fourth-order valence-electron chi connectivity index (χ4n) is 2.75. The third kappa shape index (κ3) is 3.43. The molecule has 2 aromatic heterocycles. The van der Waals surface area contributed by atoms with Crippen LogP contribution in [0.1, 0.15) is 6.92 Å². The van der Waals surface area contributed by atoms with E-state index in [4.69, 9.17) is 4.74 Å². The first kappa shape index (κ1) is 17.3. The number of thioether (sulfide) groups is 1. The van der Waals surface area contributed by atoms with Gasteiger partial charge in [-0.3, -0.25) is 4.79 Å². The van der Waals surface area contributed by atoms with Gasteiger partial charge in [0.25, 0.3) is 0 Å². The van der Waals surface area contributed by atoms with Gasteiger partial charge >= 0.3 is 0 Å². The van der Waals surface area contributed by atoms with Crippen LogP contribution in [0.4, 0.5) is 5.69 Å². The van der Waals surface area contributed by atoms with Crippen molar-refractivity contribution in [2.24, 2.45) is 0 Å².